The minimum absolute atomic E-state index is 0.0434. The number of sulfonamides is 1. The van der Waals surface area contributed by atoms with Crippen molar-refractivity contribution in [3.05, 3.63) is 28.3 Å². The molecule has 1 atom stereocenters. The van der Waals surface area contributed by atoms with Crippen LogP contribution in [0.4, 0.5) is 0 Å². The van der Waals surface area contributed by atoms with Gasteiger partial charge < -0.3 is 10.1 Å². The lowest BCUT2D eigenvalue weighted by atomic mass is 9.98. The van der Waals surface area contributed by atoms with E-state index in [0.717, 1.165) is 35.1 Å². The molecule has 1 amide bonds. The number of hydrogen-bond acceptors (Lipinski definition) is 5. The molecule has 1 fully saturated rings. The first-order chi connectivity index (χ1) is 14.5. The number of esters is 1. The zero-order valence-corrected chi connectivity index (χ0v) is 20.4. The third-order valence-corrected chi connectivity index (χ3v) is 8.33. The van der Waals surface area contributed by atoms with Gasteiger partial charge in [0.1, 0.15) is 0 Å². The van der Waals surface area contributed by atoms with Crippen molar-refractivity contribution in [1.82, 2.24) is 9.62 Å². The Morgan fingerprint density at radius 3 is 2.19 bits per heavy atom. The van der Waals surface area contributed by atoms with E-state index in [1.165, 1.54) is 4.31 Å². The van der Waals surface area contributed by atoms with Crippen LogP contribution < -0.4 is 5.32 Å². The summed E-state index contributed by atoms with van der Waals surface area (Å²) in [6.45, 7) is 11.7. The molecule has 1 N–H and O–H groups in total. The molecule has 1 saturated heterocycles. The number of piperidine rings is 1. The smallest absolute Gasteiger partial charge is 0.309 e. The first-order valence-corrected chi connectivity index (χ1v) is 12.5. The SMILES string of the molecule is CCCC(C)NC(=O)COC(=O)C1CCN(S(=O)(=O)c2c(C)c(C)cc(C)c2C)CC1. The zero-order valence-electron chi connectivity index (χ0n) is 19.6. The van der Waals surface area contributed by atoms with E-state index in [1.54, 1.807) is 0 Å². The minimum Gasteiger partial charge on any atom is -0.455 e. The van der Waals surface area contributed by atoms with Crippen LogP contribution in [0.15, 0.2) is 11.0 Å². The lowest BCUT2D eigenvalue weighted by Crippen LogP contribution is -2.42. The number of amides is 1. The number of benzene rings is 1. The van der Waals surface area contributed by atoms with E-state index < -0.39 is 21.9 Å². The molecule has 7 nitrogen and oxygen atoms in total. The normalized spacial score (nSPS) is 16.7. The molecule has 1 aromatic rings. The molecule has 174 valence electrons. The fourth-order valence-electron chi connectivity index (χ4n) is 4.10. The number of rotatable bonds is 8. The molecule has 1 unspecified atom stereocenters. The number of ether oxygens (including phenoxy) is 1. The van der Waals surface area contributed by atoms with E-state index >= 15 is 0 Å². The largest absolute Gasteiger partial charge is 0.455 e. The van der Waals surface area contributed by atoms with Crippen LogP contribution in [0.3, 0.4) is 0 Å². The summed E-state index contributed by atoms with van der Waals surface area (Å²) in [5.41, 5.74) is 3.44. The van der Waals surface area contributed by atoms with Gasteiger partial charge in [0.25, 0.3) is 5.91 Å². The molecule has 1 heterocycles. The van der Waals surface area contributed by atoms with Crippen molar-refractivity contribution in [2.45, 2.75) is 78.2 Å². The first kappa shape index (κ1) is 25.3. The highest BCUT2D eigenvalue weighted by atomic mass is 32.2. The molecule has 0 aromatic heterocycles. The molecule has 2 rings (SSSR count). The standard InChI is InChI=1S/C23H36N2O5S/c1-7-8-17(4)24-21(26)14-30-23(27)20-9-11-25(12-10-20)31(28,29)22-18(5)15(2)13-16(3)19(22)6/h13,17,20H,7-12,14H2,1-6H3,(H,24,26). The second kappa shape index (κ2) is 10.6. The van der Waals surface area contributed by atoms with Crippen LogP contribution in [0, 0.1) is 33.6 Å². The van der Waals surface area contributed by atoms with Gasteiger partial charge in [-0.1, -0.05) is 19.4 Å². The molecule has 0 saturated carbocycles. The van der Waals surface area contributed by atoms with Gasteiger partial charge in [0, 0.05) is 19.1 Å². The average Bonchev–Trinajstić information content (AvgIpc) is 2.70. The van der Waals surface area contributed by atoms with Crippen LogP contribution in [0.1, 0.15) is 61.8 Å². The van der Waals surface area contributed by atoms with Gasteiger partial charge in [0.15, 0.2) is 6.61 Å². The Bertz CT molecular complexity index is 892. The molecule has 1 aromatic carbocycles. The van der Waals surface area contributed by atoms with Gasteiger partial charge in [-0.05, 0) is 76.1 Å². The maximum absolute atomic E-state index is 13.3. The highest BCUT2D eigenvalue weighted by molar-refractivity contribution is 7.89. The Morgan fingerprint density at radius 1 is 1.13 bits per heavy atom. The summed E-state index contributed by atoms with van der Waals surface area (Å²) in [6.07, 6.45) is 2.60. The lowest BCUT2D eigenvalue weighted by Gasteiger charge is -2.31. The summed E-state index contributed by atoms with van der Waals surface area (Å²) >= 11 is 0. The van der Waals surface area contributed by atoms with Crippen molar-refractivity contribution in [2.75, 3.05) is 19.7 Å². The lowest BCUT2D eigenvalue weighted by molar-refractivity contribution is -0.153. The highest BCUT2D eigenvalue weighted by Gasteiger charge is 2.35. The highest BCUT2D eigenvalue weighted by Crippen LogP contribution is 2.31. The second-order valence-corrected chi connectivity index (χ2v) is 10.5. The molecule has 0 aliphatic carbocycles. The van der Waals surface area contributed by atoms with Gasteiger partial charge in [0.2, 0.25) is 10.0 Å². The van der Waals surface area contributed by atoms with Crippen LogP contribution in [0.5, 0.6) is 0 Å². The zero-order chi connectivity index (χ0) is 23.3. The van der Waals surface area contributed by atoms with Crippen LogP contribution in [0.2, 0.25) is 0 Å². The Kier molecular flexibility index (Phi) is 8.65. The first-order valence-electron chi connectivity index (χ1n) is 11.0. The van der Waals surface area contributed by atoms with Crippen LogP contribution in [-0.4, -0.2) is 50.3 Å². The maximum atomic E-state index is 13.3. The monoisotopic (exact) mass is 452 g/mol. The van der Waals surface area contributed by atoms with Gasteiger partial charge in [-0.15, -0.1) is 0 Å². The van der Waals surface area contributed by atoms with Crippen molar-refractivity contribution >= 4 is 21.9 Å². The Balaban J connectivity index is 1.97. The fourth-order valence-corrected chi connectivity index (χ4v) is 6.15. The van der Waals surface area contributed by atoms with Crippen molar-refractivity contribution < 1.29 is 22.7 Å². The van der Waals surface area contributed by atoms with Gasteiger partial charge in [-0.25, -0.2) is 8.42 Å². The Hall–Kier alpha value is -1.93. The number of aryl methyl sites for hydroxylation is 2. The number of hydrogen-bond donors (Lipinski definition) is 1. The average molecular weight is 453 g/mol. The van der Waals surface area contributed by atoms with Crippen LogP contribution in [-0.2, 0) is 24.3 Å². The quantitative estimate of drug-likeness (QED) is 0.612. The molecule has 1 aliphatic heterocycles. The van der Waals surface area contributed by atoms with E-state index in [-0.39, 0.29) is 31.6 Å². The van der Waals surface area contributed by atoms with Gasteiger partial charge in [-0.3, -0.25) is 9.59 Å². The van der Waals surface area contributed by atoms with Crippen molar-refractivity contribution in [2.24, 2.45) is 5.92 Å². The topological polar surface area (TPSA) is 92.8 Å². The molecular formula is C23H36N2O5S. The molecule has 1 aliphatic rings. The Morgan fingerprint density at radius 2 is 1.68 bits per heavy atom. The molecule has 31 heavy (non-hydrogen) atoms. The number of carbonyl (C=O) groups is 2. The maximum Gasteiger partial charge on any atom is 0.309 e. The summed E-state index contributed by atoms with van der Waals surface area (Å²) < 4.78 is 33.3. The Labute approximate surface area is 186 Å². The summed E-state index contributed by atoms with van der Waals surface area (Å²) in [5, 5.41) is 2.80. The van der Waals surface area contributed by atoms with Crippen LogP contribution in [0.25, 0.3) is 0 Å². The number of nitrogens with one attached hydrogen (secondary N) is 1. The van der Waals surface area contributed by atoms with Gasteiger partial charge in [-0.2, -0.15) is 4.31 Å². The third kappa shape index (κ3) is 6.07. The molecule has 0 radical (unpaired) electrons. The van der Waals surface area contributed by atoms with Crippen LogP contribution >= 0.6 is 0 Å². The van der Waals surface area contributed by atoms with Gasteiger partial charge in [0.05, 0.1) is 10.8 Å². The predicted molar refractivity (Wildman–Crippen MR) is 120 cm³/mol. The summed E-state index contributed by atoms with van der Waals surface area (Å²) in [6, 6.07) is 2.05. The fraction of sp³-hybridized carbons (Fsp3) is 0.652. The molecule has 0 bridgehead atoms. The van der Waals surface area contributed by atoms with Crippen molar-refractivity contribution in [3.63, 3.8) is 0 Å². The summed E-state index contributed by atoms with van der Waals surface area (Å²) in [4.78, 5) is 24.6. The van der Waals surface area contributed by atoms with E-state index in [4.69, 9.17) is 4.74 Å². The summed E-state index contributed by atoms with van der Waals surface area (Å²) in [7, 11) is -3.65. The van der Waals surface area contributed by atoms with Crippen molar-refractivity contribution in [3.8, 4) is 0 Å². The molecule has 8 heteroatoms. The van der Waals surface area contributed by atoms with E-state index in [0.29, 0.717) is 17.7 Å². The minimum atomic E-state index is -3.65. The molecule has 0 spiro atoms. The van der Waals surface area contributed by atoms with E-state index in [1.807, 2.05) is 47.6 Å². The van der Waals surface area contributed by atoms with E-state index in [9.17, 15) is 18.0 Å². The summed E-state index contributed by atoms with van der Waals surface area (Å²) in [5.74, 6) is -1.14. The van der Waals surface area contributed by atoms with Crippen molar-refractivity contribution in [1.29, 1.82) is 0 Å². The number of nitrogens with zero attached hydrogens (tertiary/aromatic N) is 1. The predicted octanol–water partition coefficient (Wildman–Crippen LogP) is 3.17. The number of carbonyl (C=O) groups excluding carboxylic acids is 2. The van der Waals surface area contributed by atoms with Gasteiger partial charge >= 0.3 is 5.97 Å². The molecular weight excluding hydrogens is 416 g/mol. The van der Waals surface area contributed by atoms with E-state index in [2.05, 4.69) is 5.32 Å². The second-order valence-electron chi connectivity index (χ2n) is 8.63. The third-order valence-electron chi connectivity index (χ3n) is 6.16.